The lowest BCUT2D eigenvalue weighted by Gasteiger charge is -2.20. The summed E-state index contributed by atoms with van der Waals surface area (Å²) in [5.41, 5.74) is 0. The van der Waals surface area contributed by atoms with Crippen LogP contribution in [-0.4, -0.2) is 41.6 Å². The van der Waals surface area contributed by atoms with Gasteiger partial charge in [-0.15, -0.1) is 0 Å². The highest BCUT2D eigenvalue weighted by atomic mass is 16.4. The van der Waals surface area contributed by atoms with Crippen LogP contribution in [0, 0.1) is 5.92 Å². The molecule has 0 aliphatic rings. The predicted molar refractivity (Wildman–Crippen MR) is 57.7 cm³/mol. The Balaban J connectivity index is 3.94. The number of carboxylic acids is 1. The summed E-state index contributed by atoms with van der Waals surface area (Å²) in [4.78, 5) is 23.4. The van der Waals surface area contributed by atoms with Crippen molar-refractivity contribution in [2.45, 2.75) is 33.2 Å². The SMILES string of the molecule is CC(C)CCN(C)C(=O)NC(C)C(=O)O. The summed E-state index contributed by atoms with van der Waals surface area (Å²) in [6, 6.07) is -1.19. The summed E-state index contributed by atoms with van der Waals surface area (Å²) in [6.45, 7) is 6.23. The molecule has 0 aromatic heterocycles. The van der Waals surface area contributed by atoms with E-state index in [0.717, 1.165) is 6.42 Å². The zero-order chi connectivity index (χ0) is 12.0. The number of nitrogens with one attached hydrogen (secondary N) is 1. The van der Waals surface area contributed by atoms with Gasteiger partial charge < -0.3 is 15.3 Å². The van der Waals surface area contributed by atoms with E-state index in [-0.39, 0.29) is 6.03 Å². The van der Waals surface area contributed by atoms with Crippen LogP contribution in [0.15, 0.2) is 0 Å². The molecule has 0 aliphatic carbocycles. The van der Waals surface area contributed by atoms with Gasteiger partial charge in [0.2, 0.25) is 0 Å². The molecule has 2 amide bonds. The lowest BCUT2D eigenvalue weighted by Crippen LogP contribution is -2.45. The molecule has 0 aromatic carbocycles. The van der Waals surface area contributed by atoms with Gasteiger partial charge in [0.05, 0.1) is 0 Å². The first kappa shape index (κ1) is 13.7. The number of nitrogens with zero attached hydrogens (tertiary/aromatic N) is 1. The highest BCUT2D eigenvalue weighted by molar-refractivity contribution is 5.82. The van der Waals surface area contributed by atoms with Crippen molar-refractivity contribution in [3.63, 3.8) is 0 Å². The second-order valence-electron chi connectivity index (χ2n) is 4.11. The minimum Gasteiger partial charge on any atom is -0.480 e. The van der Waals surface area contributed by atoms with E-state index in [4.69, 9.17) is 5.11 Å². The molecule has 0 radical (unpaired) electrons. The molecule has 0 saturated carbocycles. The van der Waals surface area contributed by atoms with E-state index in [0.29, 0.717) is 12.5 Å². The Kier molecular flexibility index (Phi) is 5.74. The number of rotatable bonds is 5. The summed E-state index contributed by atoms with van der Waals surface area (Å²) in [5, 5.41) is 11.0. The topological polar surface area (TPSA) is 69.6 Å². The maximum atomic E-state index is 11.4. The quantitative estimate of drug-likeness (QED) is 0.724. The molecule has 0 rings (SSSR count). The Labute approximate surface area is 90.5 Å². The summed E-state index contributed by atoms with van der Waals surface area (Å²) < 4.78 is 0. The summed E-state index contributed by atoms with van der Waals surface area (Å²) in [5.74, 6) is -0.502. The van der Waals surface area contributed by atoms with Crippen LogP contribution in [0.3, 0.4) is 0 Å². The third-order valence-corrected chi connectivity index (χ3v) is 2.10. The summed E-state index contributed by atoms with van der Waals surface area (Å²) in [6.07, 6.45) is 0.908. The average molecular weight is 216 g/mol. The molecular weight excluding hydrogens is 196 g/mol. The first-order valence-corrected chi connectivity index (χ1v) is 5.09. The standard InChI is InChI=1S/C10H20N2O3/c1-7(2)5-6-12(4)10(15)11-8(3)9(13)14/h7-8H,5-6H2,1-4H3,(H,11,15)(H,13,14). The highest BCUT2D eigenvalue weighted by Gasteiger charge is 2.16. The van der Waals surface area contributed by atoms with Crippen LogP contribution in [-0.2, 0) is 4.79 Å². The van der Waals surface area contributed by atoms with Gasteiger partial charge in [0, 0.05) is 13.6 Å². The molecule has 5 heteroatoms. The molecule has 0 aromatic rings. The van der Waals surface area contributed by atoms with Gasteiger partial charge >= 0.3 is 12.0 Å². The number of carbonyl (C=O) groups excluding carboxylic acids is 1. The van der Waals surface area contributed by atoms with Crippen molar-refractivity contribution in [2.24, 2.45) is 5.92 Å². The van der Waals surface area contributed by atoms with Gasteiger partial charge in [0.25, 0.3) is 0 Å². The number of aliphatic carboxylic acids is 1. The van der Waals surface area contributed by atoms with Crippen molar-refractivity contribution in [3.8, 4) is 0 Å². The smallest absolute Gasteiger partial charge is 0.325 e. The van der Waals surface area contributed by atoms with Gasteiger partial charge in [-0.25, -0.2) is 4.79 Å². The third kappa shape index (κ3) is 5.93. The van der Waals surface area contributed by atoms with Crippen LogP contribution < -0.4 is 5.32 Å². The van der Waals surface area contributed by atoms with Gasteiger partial charge in [-0.05, 0) is 19.3 Å². The molecule has 1 unspecified atom stereocenters. The van der Waals surface area contributed by atoms with Crippen LogP contribution >= 0.6 is 0 Å². The molecule has 15 heavy (non-hydrogen) atoms. The molecule has 0 heterocycles. The first-order valence-electron chi connectivity index (χ1n) is 5.09. The van der Waals surface area contributed by atoms with Crippen LogP contribution in [0.1, 0.15) is 27.2 Å². The van der Waals surface area contributed by atoms with Crippen molar-refractivity contribution in [1.29, 1.82) is 0 Å². The van der Waals surface area contributed by atoms with Crippen LogP contribution in [0.4, 0.5) is 4.79 Å². The van der Waals surface area contributed by atoms with E-state index in [1.807, 2.05) is 0 Å². The van der Waals surface area contributed by atoms with Crippen LogP contribution in [0.25, 0.3) is 0 Å². The minimum atomic E-state index is -1.03. The molecule has 1 atom stereocenters. The molecule has 88 valence electrons. The molecule has 0 aliphatic heterocycles. The zero-order valence-electron chi connectivity index (χ0n) is 9.78. The van der Waals surface area contributed by atoms with Gasteiger partial charge in [0.15, 0.2) is 0 Å². The van der Waals surface area contributed by atoms with Crippen LogP contribution in [0.5, 0.6) is 0 Å². The monoisotopic (exact) mass is 216 g/mol. The molecule has 0 saturated heterocycles. The molecular formula is C10H20N2O3. The lowest BCUT2D eigenvalue weighted by atomic mass is 10.1. The maximum Gasteiger partial charge on any atom is 0.325 e. The second kappa shape index (κ2) is 6.27. The minimum absolute atomic E-state index is 0.342. The Morgan fingerprint density at radius 1 is 1.33 bits per heavy atom. The highest BCUT2D eigenvalue weighted by Crippen LogP contribution is 2.00. The van der Waals surface area contributed by atoms with Crippen LogP contribution in [0.2, 0.25) is 0 Å². The molecule has 0 spiro atoms. The predicted octanol–water partition coefficient (Wildman–Crippen LogP) is 1.15. The number of hydrogen-bond donors (Lipinski definition) is 2. The number of hydrogen-bond acceptors (Lipinski definition) is 2. The summed E-state index contributed by atoms with van der Waals surface area (Å²) in [7, 11) is 1.66. The normalized spacial score (nSPS) is 12.3. The van der Waals surface area contributed by atoms with Gasteiger partial charge in [-0.3, -0.25) is 4.79 Å². The Morgan fingerprint density at radius 3 is 2.27 bits per heavy atom. The fourth-order valence-corrected chi connectivity index (χ4v) is 0.911. The lowest BCUT2D eigenvalue weighted by molar-refractivity contribution is -0.138. The van der Waals surface area contributed by atoms with Crippen molar-refractivity contribution in [1.82, 2.24) is 10.2 Å². The molecule has 0 fully saturated rings. The third-order valence-electron chi connectivity index (χ3n) is 2.10. The van der Waals surface area contributed by atoms with Crippen molar-refractivity contribution >= 4 is 12.0 Å². The molecule has 2 N–H and O–H groups in total. The maximum absolute atomic E-state index is 11.4. The largest absolute Gasteiger partial charge is 0.480 e. The first-order chi connectivity index (χ1) is 6.84. The summed E-state index contributed by atoms with van der Waals surface area (Å²) >= 11 is 0. The number of carbonyl (C=O) groups is 2. The van der Waals surface area contributed by atoms with Crippen molar-refractivity contribution in [3.05, 3.63) is 0 Å². The van der Waals surface area contributed by atoms with E-state index in [2.05, 4.69) is 19.2 Å². The second-order valence-corrected chi connectivity index (χ2v) is 4.11. The number of amides is 2. The molecule has 0 bridgehead atoms. The number of urea groups is 1. The van der Waals surface area contributed by atoms with Crippen molar-refractivity contribution in [2.75, 3.05) is 13.6 Å². The Bertz CT molecular complexity index is 229. The van der Waals surface area contributed by atoms with E-state index in [1.54, 1.807) is 7.05 Å². The molecule has 5 nitrogen and oxygen atoms in total. The van der Waals surface area contributed by atoms with E-state index < -0.39 is 12.0 Å². The van der Waals surface area contributed by atoms with Gasteiger partial charge in [0.1, 0.15) is 6.04 Å². The Morgan fingerprint density at radius 2 is 1.87 bits per heavy atom. The van der Waals surface area contributed by atoms with Gasteiger partial charge in [-0.2, -0.15) is 0 Å². The average Bonchev–Trinajstić information content (AvgIpc) is 2.13. The van der Waals surface area contributed by atoms with E-state index in [9.17, 15) is 9.59 Å². The Hall–Kier alpha value is -1.26. The van der Waals surface area contributed by atoms with Gasteiger partial charge in [-0.1, -0.05) is 13.8 Å². The fourth-order valence-electron chi connectivity index (χ4n) is 0.911. The van der Waals surface area contributed by atoms with E-state index >= 15 is 0 Å². The van der Waals surface area contributed by atoms with E-state index in [1.165, 1.54) is 11.8 Å². The van der Waals surface area contributed by atoms with Crippen molar-refractivity contribution < 1.29 is 14.7 Å². The zero-order valence-corrected chi connectivity index (χ0v) is 9.78. The number of carboxylic acid groups (broad SMARTS) is 1. The fraction of sp³-hybridized carbons (Fsp3) is 0.800.